The lowest BCUT2D eigenvalue weighted by molar-refractivity contribution is 0.401. The maximum absolute atomic E-state index is 12.2. The number of benzene rings is 1. The van der Waals surface area contributed by atoms with Gasteiger partial charge >= 0.3 is 0 Å². The first kappa shape index (κ1) is 16.0. The van der Waals surface area contributed by atoms with Gasteiger partial charge in [0.2, 0.25) is 10.0 Å². The largest absolute Gasteiger partial charge is 0.495 e. The summed E-state index contributed by atoms with van der Waals surface area (Å²) in [7, 11) is -2.32. The number of hydrogen-bond acceptors (Lipinski definition) is 4. The third-order valence-electron chi connectivity index (χ3n) is 2.42. The average molecular weight is 347 g/mol. The molecule has 0 heterocycles. The minimum atomic E-state index is -3.72. The van der Waals surface area contributed by atoms with Gasteiger partial charge in [-0.3, -0.25) is 0 Å². The van der Waals surface area contributed by atoms with E-state index in [0.717, 1.165) is 0 Å². The Hall–Kier alpha value is -1.10. The molecule has 0 spiro atoms. The molecule has 0 aliphatic carbocycles. The van der Waals surface area contributed by atoms with Gasteiger partial charge in [-0.25, -0.2) is 13.1 Å². The predicted octanol–water partition coefficient (Wildman–Crippen LogP) is 2.29. The van der Waals surface area contributed by atoms with Crippen LogP contribution in [0, 0.1) is 16.7 Å². The van der Waals surface area contributed by atoms with Gasteiger partial charge in [-0.2, -0.15) is 5.26 Å². The first-order valence-electron chi connectivity index (χ1n) is 5.46. The van der Waals surface area contributed by atoms with Gasteiger partial charge in [-0.15, -0.1) is 0 Å². The van der Waals surface area contributed by atoms with E-state index in [0.29, 0.717) is 4.47 Å². The van der Waals surface area contributed by atoms with E-state index < -0.39 is 15.4 Å². The van der Waals surface area contributed by atoms with Crippen molar-refractivity contribution in [3.63, 3.8) is 0 Å². The summed E-state index contributed by atoms with van der Waals surface area (Å²) in [5, 5.41) is 8.89. The van der Waals surface area contributed by atoms with E-state index in [4.69, 9.17) is 10.00 Å². The van der Waals surface area contributed by atoms with Crippen LogP contribution in [0.2, 0.25) is 0 Å². The molecule has 1 aromatic carbocycles. The minimum Gasteiger partial charge on any atom is -0.495 e. The van der Waals surface area contributed by atoms with Crippen molar-refractivity contribution in [3.8, 4) is 11.8 Å². The molecule has 0 aliphatic rings. The van der Waals surface area contributed by atoms with Crippen molar-refractivity contribution in [2.45, 2.75) is 18.7 Å². The number of methoxy groups -OCH3 is 1. The number of nitrogens with one attached hydrogen (secondary N) is 1. The molecule has 0 aromatic heterocycles. The molecule has 1 aromatic rings. The lowest BCUT2D eigenvalue weighted by Gasteiger charge is -2.17. The molecule has 0 bridgehead atoms. The molecule has 5 nitrogen and oxygen atoms in total. The topological polar surface area (TPSA) is 79.2 Å². The molecule has 1 N–H and O–H groups in total. The second-order valence-corrected chi connectivity index (χ2v) is 7.27. The van der Waals surface area contributed by atoms with Crippen LogP contribution in [0.3, 0.4) is 0 Å². The van der Waals surface area contributed by atoms with E-state index in [2.05, 4.69) is 20.7 Å². The van der Waals surface area contributed by atoms with Crippen molar-refractivity contribution in [3.05, 3.63) is 22.7 Å². The highest BCUT2D eigenvalue weighted by Crippen LogP contribution is 2.27. The number of nitrogens with zero attached hydrogens (tertiary/aromatic N) is 1. The summed E-state index contributed by atoms with van der Waals surface area (Å²) in [5.41, 5.74) is -0.772. The maximum Gasteiger partial charge on any atom is 0.244 e. The molecule has 0 saturated heterocycles. The fourth-order valence-corrected chi connectivity index (χ4v) is 3.17. The van der Waals surface area contributed by atoms with Gasteiger partial charge in [0, 0.05) is 11.0 Å². The first-order chi connectivity index (χ1) is 8.72. The van der Waals surface area contributed by atoms with E-state index >= 15 is 0 Å². The summed E-state index contributed by atoms with van der Waals surface area (Å²) in [6.45, 7) is 3.35. The monoisotopic (exact) mass is 346 g/mol. The molecule has 0 radical (unpaired) electrons. The van der Waals surface area contributed by atoms with Crippen LogP contribution in [-0.2, 0) is 10.0 Å². The Labute approximate surface area is 121 Å². The number of halogens is 1. The molecule has 19 heavy (non-hydrogen) atoms. The van der Waals surface area contributed by atoms with Crippen LogP contribution in [-0.4, -0.2) is 22.1 Å². The first-order valence-corrected chi connectivity index (χ1v) is 7.74. The smallest absolute Gasteiger partial charge is 0.244 e. The van der Waals surface area contributed by atoms with Crippen LogP contribution in [0.1, 0.15) is 13.8 Å². The number of ether oxygens (including phenoxy) is 1. The maximum atomic E-state index is 12.2. The van der Waals surface area contributed by atoms with Gasteiger partial charge in [0.05, 0.1) is 18.6 Å². The molecule has 0 fully saturated rings. The summed E-state index contributed by atoms with van der Waals surface area (Å²) in [6, 6.07) is 6.75. The van der Waals surface area contributed by atoms with Gasteiger partial charge in [-0.05, 0) is 32.0 Å². The standard InChI is InChI=1S/C12H15BrN2O3S/c1-12(2,7-14)8-15-19(16,17)11-6-9(13)4-5-10(11)18-3/h4-6,15H,8H2,1-3H3. The van der Waals surface area contributed by atoms with Gasteiger partial charge in [0.1, 0.15) is 10.6 Å². The Bertz CT molecular complexity index is 606. The molecule has 7 heteroatoms. The third-order valence-corrected chi connectivity index (χ3v) is 4.34. The van der Waals surface area contributed by atoms with E-state index in [-0.39, 0.29) is 17.2 Å². The van der Waals surface area contributed by atoms with Gasteiger partial charge in [-0.1, -0.05) is 15.9 Å². The highest BCUT2D eigenvalue weighted by Gasteiger charge is 2.24. The Balaban J connectivity index is 3.08. The fourth-order valence-electron chi connectivity index (χ4n) is 1.25. The van der Waals surface area contributed by atoms with E-state index in [9.17, 15) is 8.42 Å². The average Bonchev–Trinajstić information content (AvgIpc) is 2.37. The molecular formula is C12H15BrN2O3S. The third kappa shape index (κ3) is 4.20. The highest BCUT2D eigenvalue weighted by atomic mass is 79.9. The Morgan fingerprint density at radius 1 is 1.47 bits per heavy atom. The molecule has 0 amide bonds. The van der Waals surface area contributed by atoms with Crippen LogP contribution in [0.25, 0.3) is 0 Å². The van der Waals surface area contributed by atoms with Crippen LogP contribution in [0.4, 0.5) is 0 Å². The van der Waals surface area contributed by atoms with Crippen molar-refractivity contribution in [1.29, 1.82) is 5.26 Å². The lowest BCUT2D eigenvalue weighted by atomic mass is 9.97. The van der Waals surface area contributed by atoms with E-state index in [1.807, 2.05) is 6.07 Å². The molecule has 0 aliphatic heterocycles. The molecule has 0 unspecified atom stereocenters. The molecular weight excluding hydrogens is 332 g/mol. The van der Waals surface area contributed by atoms with Crippen LogP contribution in [0.15, 0.2) is 27.6 Å². The van der Waals surface area contributed by atoms with Crippen molar-refractivity contribution in [2.75, 3.05) is 13.7 Å². The number of rotatable bonds is 5. The number of nitriles is 1. The summed E-state index contributed by atoms with van der Waals surface area (Å²) in [5.74, 6) is 0.255. The summed E-state index contributed by atoms with van der Waals surface area (Å²) in [6.07, 6.45) is 0. The zero-order chi connectivity index (χ0) is 14.7. The second-order valence-electron chi connectivity index (χ2n) is 4.62. The van der Waals surface area contributed by atoms with Crippen LogP contribution >= 0.6 is 15.9 Å². The summed E-state index contributed by atoms with van der Waals surface area (Å²) >= 11 is 3.22. The zero-order valence-electron chi connectivity index (χ0n) is 10.9. The fraction of sp³-hybridized carbons (Fsp3) is 0.417. The number of hydrogen-bond donors (Lipinski definition) is 1. The van der Waals surface area contributed by atoms with Crippen molar-refractivity contribution >= 4 is 26.0 Å². The SMILES string of the molecule is COc1ccc(Br)cc1S(=O)(=O)NCC(C)(C)C#N. The second kappa shape index (κ2) is 5.90. The van der Waals surface area contributed by atoms with Crippen LogP contribution < -0.4 is 9.46 Å². The molecule has 0 saturated carbocycles. The van der Waals surface area contributed by atoms with E-state index in [1.54, 1.807) is 26.0 Å². The summed E-state index contributed by atoms with van der Waals surface area (Å²) < 4.78 is 32.5. The highest BCUT2D eigenvalue weighted by molar-refractivity contribution is 9.10. The van der Waals surface area contributed by atoms with E-state index in [1.165, 1.54) is 13.2 Å². The van der Waals surface area contributed by atoms with Crippen molar-refractivity contribution in [1.82, 2.24) is 4.72 Å². The summed E-state index contributed by atoms with van der Waals surface area (Å²) in [4.78, 5) is 0.0399. The predicted molar refractivity (Wildman–Crippen MR) is 75.3 cm³/mol. The molecule has 0 atom stereocenters. The van der Waals surface area contributed by atoms with Gasteiger partial charge in [0.15, 0.2) is 0 Å². The zero-order valence-corrected chi connectivity index (χ0v) is 13.3. The Morgan fingerprint density at radius 3 is 2.63 bits per heavy atom. The van der Waals surface area contributed by atoms with Crippen molar-refractivity contribution in [2.24, 2.45) is 5.41 Å². The van der Waals surface area contributed by atoms with Gasteiger partial charge in [0.25, 0.3) is 0 Å². The lowest BCUT2D eigenvalue weighted by Crippen LogP contribution is -2.33. The van der Waals surface area contributed by atoms with Gasteiger partial charge < -0.3 is 4.74 Å². The number of sulfonamides is 1. The Kier molecular flexibility index (Phi) is 4.96. The van der Waals surface area contributed by atoms with Crippen molar-refractivity contribution < 1.29 is 13.2 Å². The minimum absolute atomic E-state index is 0.0293. The van der Waals surface area contributed by atoms with Crippen LogP contribution in [0.5, 0.6) is 5.75 Å². The quantitative estimate of drug-likeness (QED) is 0.886. The molecule has 1 rings (SSSR count). The normalized spacial score (nSPS) is 11.9. The Morgan fingerprint density at radius 2 is 2.11 bits per heavy atom. The molecule has 104 valence electrons.